The number of methoxy groups -OCH3 is 3. The number of hydrogen-bond donors (Lipinski definition) is 1. The van der Waals surface area contributed by atoms with E-state index in [1.54, 1.807) is 39.0 Å². The molecule has 3 aromatic rings. The number of nitrogens with one attached hydrogen (secondary N) is 1. The van der Waals surface area contributed by atoms with Gasteiger partial charge < -0.3 is 19.5 Å². The minimum absolute atomic E-state index is 0.597. The molecule has 0 aliphatic heterocycles. The second-order valence-electron chi connectivity index (χ2n) is 6.50. The Labute approximate surface area is 162 Å². The number of fused-ring (bicyclic) bond motifs is 3. The van der Waals surface area contributed by atoms with Crippen molar-refractivity contribution in [2.45, 2.75) is 32.2 Å². The van der Waals surface area contributed by atoms with E-state index in [1.165, 1.54) is 28.7 Å². The lowest BCUT2D eigenvalue weighted by Crippen LogP contribution is -2.05. The van der Waals surface area contributed by atoms with Crippen LogP contribution in [0.1, 0.15) is 28.8 Å². The zero-order chi connectivity index (χ0) is 18.8. The van der Waals surface area contributed by atoms with E-state index in [9.17, 15) is 0 Å². The Morgan fingerprint density at radius 2 is 1.74 bits per heavy atom. The van der Waals surface area contributed by atoms with Gasteiger partial charge >= 0.3 is 0 Å². The molecule has 7 heteroatoms. The smallest absolute Gasteiger partial charge is 0.203 e. The Morgan fingerprint density at radius 3 is 2.44 bits per heavy atom. The molecule has 27 heavy (non-hydrogen) atoms. The highest BCUT2D eigenvalue weighted by Crippen LogP contribution is 2.40. The second kappa shape index (κ2) is 7.60. The van der Waals surface area contributed by atoms with Crippen LogP contribution in [0.15, 0.2) is 18.5 Å². The van der Waals surface area contributed by atoms with Crippen molar-refractivity contribution in [3.05, 3.63) is 34.5 Å². The molecule has 2 heterocycles. The van der Waals surface area contributed by atoms with Crippen LogP contribution < -0.4 is 19.5 Å². The van der Waals surface area contributed by atoms with Crippen molar-refractivity contribution in [1.29, 1.82) is 0 Å². The summed E-state index contributed by atoms with van der Waals surface area (Å²) in [5.74, 6) is 2.79. The van der Waals surface area contributed by atoms with E-state index in [0.29, 0.717) is 23.8 Å². The van der Waals surface area contributed by atoms with Crippen molar-refractivity contribution in [3.8, 4) is 17.2 Å². The van der Waals surface area contributed by atoms with Gasteiger partial charge in [0, 0.05) is 11.4 Å². The van der Waals surface area contributed by atoms with Gasteiger partial charge in [-0.3, -0.25) is 0 Å². The Morgan fingerprint density at radius 1 is 1.00 bits per heavy atom. The third-order valence-corrected chi connectivity index (χ3v) is 6.14. The van der Waals surface area contributed by atoms with Crippen LogP contribution in [0.3, 0.4) is 0 Å². The van der Waals surface area contributed by atoms with Crippen molar-refractivity contribution in [2.75, 3.05) is 26.6 Å². The van der Waals surface area contributed by atoms with Crippen LogP contribution in [0.2, 0.25) is 0 Å². The summed E-state index contributed by atoms with van der Waals surface area (Å²) in [4.78, 5) is 11.5. The summed E-state index contributed by atoms with van der Waals surface area (Å²) >= 11 is 1.80. The van der Waals surface area contributed by atoms with Gasteiger partial charge in [-0.2, -0.15) is 0 Å². The summed E-state index contributed by atoms with van der Waals surface area (Å²) < 4.78 is 16.3. The Kier molecular flexibility index (Phi) is 5.03. The highest BCUT2D eigenvalue weighted by Gasteiger charge is 2.20. The molecule has 142 valence electrons. The van der Waals surface area contributed by atoms with E-state index < -0.39 is 0 Å². The van der Waals surface area contributed by atoms with Gasteiger partial charge in [0.25, 0.3) is 0 Å². The molecule has 0 radical (unpaired) electrons. The molecule has 0 bridgehead atoms. The summed E-state index contributed by atoms with van der Waals surface area (Å²) in [7, 11) is 4.86. The van der Waals surface area contributed by atoms with Crippen LogP contribution >= 0.6 is 11.3 Å². The number of rotatable bonds is 6. The molecule has 6 nitrogen and oxygen atoms in total. The minimum Gasteiger partial charge on any atom is -0.493 e. The average Bonchev–Trinajstić information content (AvgIpc) is 3.10. The fraction of sp³-hybridized carbons (Fsp3) is 0.400. The van der Waals surface area contributed by atoms with E-state index in [1.807, 2.05) is 12.1 Å². The van der Waals surface area contributed by atoms with Crippen molar-refractivity contribution < 1.29 is 14.2 Å². The van der Waals surface area contributed by atoms with Crippen LogP contribution in [0.5, 0.6) is 17.2 Å². The van der Waals surface area contributed by atoms with Gasteiger partial charge in [0.2, 0.25) is 5.75 Å². The van der Waals surface area contributed by atoms with Crippen molar-refractivity contribution in [2.24, 2.45) is 0 Å². The lowest BCUT2D eigenvalue weighted by atomic mass is 9.97. The highest BCUT2D eigenvalue weighted by atomic mass is 32.1. The lowest BCUT2D eigenvalue weighted by Gasteiger charge is -2.15. The van der Waals surface area contributed by atoms with Gasteiger partial charge in [-0.05, 0) is 48.9 Å². The first-order valence-corrected chi connectivity index (χ1v) is 9.84. The number of aromatic nitrogens is 2. The van der Waals surface area contributed by atoms with Gasteiger partial charge in [0.05, 0.1) is 26.7 Å². The maximum Gasteiger partial charge on any atom is 0.203 e. The largest absolute Gasteiger partial charge is 0.493 e. The quantitative estimate of drug-likeness (QED) is 0.686. The first-order chi connectivity index (χ1) is 13.2. The van der Waals surface area contributed by atoms with Crippen LogP contribution in [-0.2, 0) is 19.4 Å². The Hall–Kier alpha value is -2.54. The predicted molar refractivity (Wildman–Crippen MR) is 107 cm³/mol. The van der Waals surface area contributed by atoms with Crippen LogP contribution in [0.25, 0.3) is 10.2 Å². The number of ether oxygens (including phenoxy) is 3. The minimum atomic E-state index is 0.597. The van der Waals surface area contributed by atoms with Gasteiger partial charge in [0.15, 0.2) is 11.5 Å². The summed E-state index contributed by atoms with van der Waals surface area (Å²) in [6.45, 7) is 0.605. The molecule has 0 fully saturated rings. The van der Waals surface area contributed by atoms with Gasteiger partial charge in [-0.1, -0.05) is 0 Å². The summed E-state index contributed by atoms with van der Waals surface area (Å²) in [6, 6.07) is 3.91. The standard InChI is InChI=1S/C20H23N3O3S/c1-24-14-8-12(9-15(25-2)18(14)26-3)10-21-19-17-13-6-4-5-7-16(13)27-20(17)23-11-22-19/h8-9,11H,4-7,10H2,1-3H3,(H,21,22,23). The van der Waals surface area contributed by atoms with Gasteiger partial charge in [0.1, 0.15) is 17.0 Å². The van der Waals surface area contributed by atoms with Gasteiger partial charge in [-0.15, -0.1) is 11.3 Å². The normalized spacial score (nSPS) is 13.3. The van der Waals surface area contributed by atoms with Crippen LogP contribution in [0, 0.1) is 0 Å². The number of thiophene rings is 1. The number of aryl methyl sites for hydroxylation is 2. The molecule has 0 atom stereocenters. The first-order valence-electron chi connectivity index (χ1n) is 9.03. The van der Waals surface area contributed by atoms with E-state index in [0.717, 1.165) is 29.1 Å². The average molecular weight is 385 g/mol. The van der Waals surface area contributed by atoms with Crippen LogP contribution in [0.4, 0.5) is 5.82 Å². The maximum atomic E-state index is 5.45. The van der Waals surface area contributed by atoms with Crippen molar-refractivity contribution in [3.63, 3.8) is 0 Å². The van der Waals surface area contributed by atoms with E-state index in [-0.39, 0.29) is 0 Å². The first kappa shape index (κ1) is 17.9. The number of nitrogens with zero attached hydrogens (tertiary/aromatic N) is 2. The maximum absolute atomic E-state index is 5.45. The van der Waals surface area contributed by atoms with Gasteiger partial charge in [-0.25, -0.2) is 9.97 Å². The molecule has 0 unspecified atom stereocenters. The zero-order valence-electron chi connectivity index (χ0n) is 15.8. The SMILES string of the molecule is COc1cc(CNc2ncnc3sc4c(c23)CCCC4)cc(OC)c1OC. The van der Waals surface area contributed by atoms with Crippen molar-refractivity contribution >= 4 is 27.4 Å². The molecule has 1 N–H and O–H groups in total. The monoisotopic (exact) mass is 385 g/mol. The molecule has 1 aliphatic rings. The fourth-order valence-corrected chi connectivity index (χ4v) is 4.88. The number of benzene rings is 1. The lowest BCUT2D eigenvalue weighted by molar-refractivity contribution is 0.324. The topological polar surface area (TPSA) is 65.5 Å². The molecule has 0 amide bonds. The van der Waals surface area contributed by atoms with Crippen LogP contribution in [-0.4, -0.2) is 31.3 Å². The molecule has 1 aromatic carbocycles. The summed E-state index contributed by atoms with van der Waals surface area (Å²) in [5.41, 5.74) is 2.45. The summed E-state index contributed by atoms with van der Waals surface area (Å²) in [5, 5.41) is 4.67. The third-order valence-electron chi connectivity index (χ3n) is 4.94. The zero-order valence-corrected chi connectivity index (χ0v) is 16.6. The van der Waals surface area contributed by atoms with E-state index in [2.05, 4.69) is 15.3 Å². The molecular formula is C20H23N3O3S. The second-order valence-corrected chi connectivity index (χ2v) is 7.58. The third kappa shape index (κ3) is 3.27. The predicted octanol–water partition coefficient (Wildman–Crippen LogP) is 4.21. The Balaban J connectivity index is 1.65. The fourth-order valence-electron chi connectivity index (χ4n) is 3.65. The molecule has 0 saturated carbocycles. The molecule has 2 aromatic heterocycles. The molecular weight excluding hydrogens is 362 g/mol. The number of anilines is 1. The molecule has 1 aliphatic carbocycles. The molecule has 0 saturated heterocycles. The molecule has 4 rings (SSSR count). The molecule has 0 spiro atoms. The Bertz CT molecular complexity index is 946. The highest BCUT2D eigenvalue weighted by molar-refractivity contribution is 7.19. The van der Waals surface area contributed by atoms with E-state index in [4.69, 9.17) is 14.2 Å². The van der Waals surface area contributed by atoms with E-state index >= 15 is 0 Å². The van der Waals surface area contributed by atoms with Crippen molar-refractivity contribution in [1.82, 2.24) is 9.97 Å². The number of hydrogen-bond acceptors (Lipinski definition) is 7. The summed E-state index contributed by atoms with van der Waals surface area (Å²) in [6.07, 6.45) is 6.41.